The lowest BCUT2D eigenvalue weighted by atomic mass is 9.93. The van der Waals surface area contributed by atoms with Crippen LogP contribution in [0.3, 0.4) is 0 Å². The maximum atomic E-state index is 14.6. The highest BCUT2D eigenvalue weighted by Crippen LogP contribution is 2.48. The molecule has 2 aliphatic heterocycles. The molecular formula is C22H28F2N6OS. The Bertz CT molecular complexity index is 1040. The molecule has 0 spiro atoms. The van der Waals surface area contributed by atoms with Crippen LogP contribution in [0.15, 0.2) is 35.6 Å². The van der Waals surface area contributed by atoms with Crippen molar-refractivity contribution in [1.82, 2.24) is 15.1 Å². The standard InChI is InChI=1S/C22H28F2N6OS/c1-14(31)27-22(2)8-5-10-29(11-9-22)20-17(12-26-28(20)3)30-13-18(25)32-21(30)19-15(23)6-4-7-16(19)24/h4,6-7,12-13,21H,5,8-11,25H2,1-3H3,(H,27,31). The van der Waals surface area contributed by atoms with Crippen LogP contribution in [0.2, 0.25) is 0 Å². The number of nitrogens with two attached hydrogens (primary N) is 1. The Labute approximate surface area is 190 Å². The fraction of sp³-hybridized carbons (Fsp3) is 0.455. The van der Waals surface area contributed by atoms with Crippen molar-refractivity contribution in [3.05, 3.63) is 52.8 Å². The van der Waals surface area contributed by atoms with Crippen LogP contribution in [0.4, 0.5) is 20.3 Å². The number of carbonyl (C=O) groups is 1. The summed E-state index contributed by atoms with van der Waals surface area (Å²) in [6.07, 6.45) is 5.94. The van der Waals surface area contributed by atoms with E-state index in [1.165, 1.54) is 36.9 Å². The van der Waals surface area contributed by atoms with Crippen LogP contribution < -0.4 is 20.9 Å². The van der Waals surface area contributed by atoms with Gasteiger partial charge in [-0.1, -0.05) is 17.8 Å². The Kier molecular flexibility index (Phi) is 6.07. The lowest BCUT2D eigenvalue weighted by Gasteiger charge is -2.31. The fourth-order valence-corrected chi connectivity index (χ4v) is 5.63. The number of aromatic nitrogens is 2. The lowest BCUT2D eigenvalue weighted by Crippen LogP contribution is -2.45. The third-order valence-electron chi connectivity index (χ3n) is 6.05. The van der Waals surface area contributed by atoms with Crippen LogP contribution in [-0.2, 0) is 11.8 Å². The average Bonchev–Trinajstić information content (AvgIpc) is 3.20. The molecule has 0 saturated carbocycles. The molecule has 1 aromatic heterocycles. The Balaban J connectivity index is 1.67. The van der Waals surface area contributed by atoms with Gasteiger partial charge < -0.3 is 20.9 Å². The maximum Gasteiger partial charge on any atom is 0.217 e. The molecule has 1 saturated heterocycles. The number of nitrogens with zero attached hydrogens (tertiary/aromatic N) is 4. The van der Waals surface area contributed by atoms with E-state index in [4.69, 9.17) is 5.73 Å². The van der Waals surface area contributed by atoms with E-state index < -0.39 is 17.0 Å². The minimum atomic E-state index is -0.671. The number of thioether (sulfide) groups is 1. The Hall–Kier alpha value is -2.75. The Morgan fingerprint density at radius 2 is 2.00 bits per heavy atom. The van der Waals surface area contributed by atoms with Crippen LogP contribution in [0.5, 0.6) is 0 Å². The van der Waals surface area contributed by atoms with Crippen molar-refractivity contribution in [2.24, 2.45) is 12.8 Å². The summed E-state index contributed by atoms with van der Waals surface area (Å²) < 4.78 is 31.0. The molecule has 2 aromatic rings. The van der Waals surface area contributed by atoms with Gasteiger partial charge in [-0.25, -0.2) is 8.78 Å². The molecule has 3 N–H and O–H groups in total. The molecule has 1 amide bonds. The smallest absolute Gasteiger partial charge is 0.217 e. The number of amides is 1. The molecule has 1 fully saturated rings. The summed E-state index contributed by atoms with van der Waals surface area (Å²) in [5.74, 6) is -0.402. The molecule has 32 heavy (non-hydrogen) atoms. The first kappa shape index (κ1) is 22.4. The number of carbonyl (C=O) groups excluding carboxylic acids is 1. The van der Waals surface area contributed by atoms with E-state index in [-0.39, 0.29) is 17.0 Å². The quantitative estimate of drug-likeness (QED) is 0.723. The number of benzene rings is 1. The normalized spacial score (nSPS) is 23.8. The number of halogens is 2. The van der Waals surface area contributed by atoms with Gasteiger partial charge >= 0.3 is 0 Å². The van der Waals surface area contributed by atoms with Gasteiger partial charge in [-0.2, -0.15) is 5.10 Å². The Morgan fingerprint density at radius 1 is 1.28 bits per heavy atom. The van der Waals surface area contributed by atoms with Crippen molar-refractivity contribution in [2.45, 2.75) is 44.0 Å². The molecule has 3 heterocycles. The molecule has 172 valence electrons. The summed E-state index contributed by atoms with van der Waals surface area (Å²) in [7, 11) is 1.85. The second-order valence-electron chi connectivity index (χ2n) is 8.60. The average molecular weight is 463 g/mol. The number of anilines is 2. The number of hydrogen-bond acceptors (Lipinski definition) is 6. The highest BCUT2D eigenvalue weighted by Gasteiger charge is 2.36. The van der Waals surface area contributed by atoms with Gasteiger partial charge in [0, 0.05) is 38.8 Å². The molecular weight excluding hydrogens is 434 g/mol. The molecule has 0 aliphatic carbocycles. The largest absolute Gasteiger partial charge is 0.392 e. The van der Waals surface area contributed by atoms with E-state index in [2.05, 4.69) is 22.2 Å². The summed E-state index contributed by atoms with van der Waals surface area (Å²) in [5, 5.41) is 7.33. The Morgan fingerprint density at radius 3 is 2.69 bits per heavy atom. The van der Waals surface area contributed by atoms with Gasteiger partial charge in [0.15, 0.2) is 5.82 Å². The zero-order chi connectivity index (χ0) is 23.0. The van der Waals surface area contributed by atoms with E-state index in [0.29, 0.717) is 11.6 Å². The van der Waals surface area contributed by atoms with Crippen molar-refractivity contribution in [2.75, 3.05) is 22.9 Å². The number of hydrogen-bond donors (Lipinski definition) is 2. The van der Waals surface area contributed by atoms with Crippen LogP contribution in [0.1, 0.15) is 44.0 Å². The minimum Gasteiger partial charge on any atom is -0.392 e. The van der Waals surface area contributed by atoms with Crippen LogP contribution >= 0.6 is 11.8 Å². The van der Waals surface area contributed by atoms with Crippen molar-refractivity contribution in [1.29, 1.82) is 0 Å². The van der Waals surface area contributed by atoms with Gasteiger partial charge in [0.1, 0.15) is 22.7 Å². The van der Waals surface area contributed by atoms with Crippen LogP contribution in [0.25, 0.3) is 0 Å². The predicted octanol–water partition coefficient (Wildman–Crippen LogP) is 3.59. The third kappa shape index (κ3) is 4.28. The van der Waals surface area contributed by atoms with Gasteiger partial charge in [0.25, 0.3) is 0 Å². The second-order valence-corrected chi connectivity index (χ2v) is 9.76. The molecule has 0 bridgehead atoms. The van der Waals surface area contributed by atoms with Gasteiger partial charge in [-0.05, 0) is 38.3 Å². The molecule has 1 aromatic carbocycles. The summed E-state index contributed by atoms with van der Waals surface area (Å²) in [6.45, 7) is 5.10. The van der Waals surface area contributed by atoms with E-state index in [9.17, 15) is 13.6 Å². The highest BCUT2D eigenvalue weighted by molar-refractivity contribution is 8.03. The molecule has 2 aliphatic rings. The third-order valence-corrected chi connectivity index (χ3v) is 7.11. The van der Waals surface area contributed by atoms with Gasteiger partial charge in [-0.15, -0.1) is 0 Å². The van der Waals surface area contributed by atoms with Crippen molar-refractivity contribution >= 4 is 29.2 Å². The SMILES string of the molecule is CC(=O)NC1(C)CCCN(c2c(N3C=C(N)SC3c3c(F)cccc3F)cnn2C)CC1. The topological polar surface area (TPSA) is 79.4 Å². The maximum absolute atomic E-state index is 14.6. The van der Waals surface area contributed by atoms with E-state index >= 15 is 0 Å². The lowest BCUT2D eigenvalue weighted by molar-refractivity contribution is -0.120. The van der Waals surface area contributed by atoms with E-state index in [1.54, 1.807) is 22.0 Å². The highest BCUT2D eigenvalue weighted by atomic mass is 32.2. The number of aryl methyl sites for hydroxylation is 1. The van der Waals surface area contributed by atoms with E-state index in [1.807, 2.05) is 7.05 Å². The molecule has 10 heteroatoms. The molecule has 2 unspecified atom stereocenters. The fourth-order valence-electron chi connectivity index (χ4n) is 4.57. The number of nitrogens with one attached hydrogen (secondary N) is 1. The minimum absolute atomic E-state index is 0.0295. The zero-order valence-corrected chi connectivity index (χ0v) is 19.3. The number of rotatable bonds is 4. The second kappa shape index (κ2) is 8.65. The van der Waals surface area contributed by atoms with Crippen molar-refractivity contribution in [3.8, 4) is 0 Å². The summed E-state index contributed by atoms with van der Waals surface area (Å²) in [5.41, 5.74) is 6.52. The summed E-state index contributed by atoms with van der Waals surface area (Å²) in [4.78, 5) is 15.7. The van der Waals surface area contributed by atoms with Gasteiger partial charge in [-0.3, -0.25) is 9.48 Å². The predicted molar refractivity (Wildman–Crippen MR) is 123 cm³/mol. The molecule has 0 radical (unpaired) electrons. The first-order chi connectivity index (χ1) is 15.2. The molecule has 2 atom stereocenters. The first-order valence-electron chi connectivity index (χ1n) is 10.6. The first-order valence-corrected chi connectivity index (χ1v) is 11.5. The molecule has 7 nitrogen and oxygen atoms in total. The monoisotopic (exact) mass is 462 g/mol. The zero-order valence-electron chi connectivity index (χ0n) is 18.4. The van der Waals surface area contributed by atoms with Gasteiger partial charge in [0.05, 0.1) is 16.8 Å². The van der Waals surface area contributed by atoms with Crippen molar-refractivity contribution < 1.29 is 13.6 Å². The van der Waals surface area contributed by atoms with Crippen molar-refractivity contribution in [3.63, 3.8) is 0 Å². The molecule has 4 rings (SSSR count). The van der Waals surface area contributed by atoms with Gasteiger partial charge in [0.2, 0.25) is 5.91 Å². The van der Waals surface area contributed by atoms with E-state index in [0.717, 1.165) is 37.3 Å². The van der Waals surface area contributed by atoms with Crippen LogP contribution in [-0.4, -0.2) is 34.3 Å². The summed E-state index contributed by atoms with van der Waals surface area (Å²) >= 11 is 1.21. The van der Waals surface area contributed by atoms with Crippen LogP contribution in [0, 0.1) is 11.6 Å². The summed E-state index contributed by atoms with van der Waals surface area (Å²) in [6, 6.07) is 3.87.